The second-order valence-electron chi connectivity index (χ2n) is 6.83. The minimum Gasteiger partial charge on any atom is -0.337 e. The molecule has 0 radical (unpaired) electrons. The van der Waals surface area contributed by atoms with Crippen LogP contribution in [-0.2, 0) is 4.79 Å². The molecule has 2 aromatic rings. The molecule has 8 heteroatoms. The summed E-state index contributed by atoms with van der Waals surface area (Å²) in [7, 11) is 0. The van der Waals surface area contributed by atoms with Gasteiger partial charge in [-0.05, 0) is 42.8 Å². The number of amides is 3. The van der Waals surface area contributed by atoms with Gasteiger partial charge in [-0.1, -0.05) is 29.3 Å². The van der Waals surface area contributed by atoms with Crippen LogP contribution in [0.2, 0.25) is 10.0 Å². The fourth-order valence-electron chi connectivity index (χ4n) is 3.25. The molecule has 2 aromatic carbocycles. The van der Waals surface area contributed by atoms with Gasteiger partial charge in [0.2, 0.25) is 5.91 Å². The standard InChI is InChI=1S/C21H21Cl2N3O3/c1-14(27)24-17-5-2-4-15(12-17)20(28)25-8-3-9-26(11-10-25)21(29)16-6-7-18(22)19(23)13-16/h2,4-7,12-13H,3,8-11H2,1H3,(H,24,27). The number of rotatable bonds is 3. The average molecular weight is 434 g/mol. The maximum Gasteiger partial charge on any atom is 0.253 e. The zero-order valence-electron chi connectivity index (χ0n) is 16.0. The highest BCUT2D eigenvalue weighted by Gasteiger charge is 2.24. The predicted octanol–water partition coefficient (Wildman–Crippen LogP) is 3.94. The van der Waals surface area contributed by atoms with E-state index in [4.69, 9.17) is 23.2 Å². The first-order valence-electron chi connectivity index (χ1n) is 9.26. The summed E-state index contributed by atoms with van der Waals surface area (Å²) in [6.45, 7) is 3.37. The topological polar surface area (TPSA) is 69.7 Å². The number of hydrogen-bond acceptors (Lipinski definition) is 3. The van der Waals surface area contributed by atoms with Gasteiger partial charge in [-0.3, -0.25) is 14.4 Å². The zero-order chi connectivity index (χ0) is 21.0. The number of anilines is 1. The van der Waals surface area contributed by atoms with Crippen LogP contribution in [0.15, 0.2) is 42.5 Å². The number of nitrogens with zero attached hydrogens (tertiary/aromatic N) is 2. The van der Waals surface area contributed by atoms with E-state index in [0.29, 0.717) is 59.5 Å². The van der Waals surface area contributed by atoms with Gasteiger partial charge in [0.15, 0.2) is 0 Å². The van der Waals surface area contributed by atoms with E-state index in [0.717, 1.165) is 0 Å². The number of benzene rings is 2. The van der Waals surface area contributed by atoms with Crippen molar-refractivity contribution in [1.82, 2.24) is 9.80 Å². The van der Waals surface area contributed by atoms with E-state index >= 15 is 0 Å². The Kier molecular flexibility index (Phi) is 6.77. The van der Waals surface area contributed by atoms with Gasteiger partial charge in [0.05, 0.1) is 10.0 Å². The Morgan fingerprint density at radius 3 is 2.03 bits per heavy atom. The lowest BCUT2D eigenvalue weighted by Crippen LogP contribution is -2.37. The second-order valence-corrected chi connectivity index (χ2v) is 7.64. The summed E-state index contributed by atoms with van der Waals surface area (Å²) in [6, 6.07) is 11.7. The molecule has 1 aliphatic heterocycles. The number of nitrogens with one attached hydrogen (secondary N) is 1. The smallest absolute Gasteiger partial charge is 0.253 e. The van der Waals surface area contributed by atoms with Crippen molar-refractivity contribution in [1.29, 1.82) is 0 Å². The number of carbonyl (C=O) groups is 3. The Morgan fingerprint density at radius 2 is 1.45 bits per heavy atom. The van der Waals surface area contributed by atoms with E-state index in [1.54, 1.807) is 52.3 Å². The Balaban J connectivity index is 1.67. The van der Waals surface area contributed by atoms with E-state index in [-0.39, 0.29) is 17.7 Å². The highest BCUT2D eigenvalue weighted by molar-refractivity contribution is 6.42. The summed E-state index contributed by atoms with van der Waals surface area (Å²) in [5.41, 5.74) is 1.55. The van der Waals surface area contributed by atoms with Gasteiger partial charge in [-0.25, -0.2) is 0 Å². The first-order valence-corrected chi connectivity index (χ1v) is 10.0. The summed E-state index contributed by atoms with van der Waals surface area (Å²) >= 11 is 11.9. The zero-order valence-corrected chi connectivity index (χ0v) is 17.5. The maximum atomic E-state index is 12.9. The molecule has 29 heavy (non-hydrogen) atoms. The predicted molar refractivity (Wildman–Crippen MR) is 114 cm³/mol. The quantitative estimate of drug-likeness (QED) is 0.796. The highest BCUT2D eigenvalue weighted by Crippen LogP contribution is 2.23. The van der Waals surface area contributed by atoms with Gasteiger partial charge < -0.3 is 15.1 Å². The fraction of sp³-hybridized carbons (Fsp3) is 0.286. The van der Waals surface area contributed by atoms with Crippen LogP contribution in [0.5, 0.6) is 0 Å². The average Bonchev–Trinajstić information content (AvgIpc) is 2.95. The molecule has 1 N–H and O–H groups in total. The molecule has 3 rings (SSSR count). The number of halogens is 2. The summed E-state index contributed by atoms with van der Waals surface area (Å²) in [5, 5.41) is 3.42. The minimum absolute atomic E-state index is 0.124. The maximum absolute atomic E-state index is 12.9. The summed E-state index contributed by atoms with van der Waals surface area (Å²) in [5.74, 6) is -0.451. The molecule has 0 unspecified atom stereocenters. The van der Waals surface area contributed by atoms with Crippen molar-refractivity contribution in [2.45, 2.75) is 13.3 Å². The van der Waals surface area contributed by atoms with Crippen molar-refractivity contribution in [3.8, 4) is 0 Å². The third-order valence-electron chi connectivity index (χ3n) is 4.67. The van der Waals surface area contributed by atoms with Crippen molar-refractivity contribution in [3.63, 3.8) is 0 Å². The van der Waals surface area contributed by atoms with Gasteiger partial charge in [-0.2, -0.15) is 0 Å². The van der Waals surface area contributed by atoms with Crippen molar-refractivity contribution in [2.24, 2.45) is 0 Å². The fourth-order valence-corrected chi connectivity index (χ4v) is 3.55. The Morgan fingerprint density at radius 1 is 0.828 bits per heavy atom. The molecule has 0 aromatic heterocycles. The number of hydrogen-bond donors (Lipinski definition) is 1. The van der Waals surface area contributed by atoms with Gasteiger partial charge in [0.1, 0.15) is 0 Å². The Hall–Kier alpha value is -2.57. The molecule has 1 aliphatic rings. The van der Waals surface area contributed by atoms with Gasteiger partial charge in [0, 0.05) is 49.9 Å². The molecule has 6 nitrogen and oxygen atoms in total. The molecular formula is C21H21Cl2N3O3. The van der Waals surface area contributed by atoms with Crippen LogP contribution in [-0.4, -0.2) is 53.7 Å². The molecule has 1 fully saturated rings. The molecule has 0 spiro atoms. The summed E-state index contributed by atoms with van der Waals surface area (Å²) < 4.78 is 0. The normalized spacial score (nSPS) is 14.3. The van der Waals surface area contributed by atoms with Crippen LogP contribution in [0, 0.1) is 0 Å². The number of carbonyl (C=O) groups excluding carboxylic acids is 3. The van der Waals surface area contributed by atoms with Crippen LogP contribution in [0.4, 0.5) is 5.69 Å². The van der Waals surface area contributed by atoms with E-state index in [1.165, 1.54) is 6.92 Å². The van der Waals surface area contributed by atoms with E-state index < -0.39 is 0 Å². The van der Waals surface area contributed by atoms with Crippen LogP contribution >= 0.6 is 23.2 Å². The molecule has 152 valence electrons. The van der Waals surface area contributed by atoms with E-state index in [9.17, 15) is 14.4 Å². The van der Waals surface area contributed by atoms with Crippen molar-refractivity contribution >= 4 is 46.6 Å². The largest absolute Gasteiger partial charge is 0.337 e. The van der Waals surface area contributed by atoms with Crippen LogP contribution < -0.4 is 5.32 Å². The molecule has 0 aliphatic carbocycles. The third kappa shape index (κ3) is 5.28. The lowest BCUT2D eigenvalue weighted by Gasteiger charge is -2.22. The Bertz CT molecular complexity index is 949. The van der Waals surface area contributed by atoms with Gasteiger partial charge in [0.25, 0.3) is 11.8 Å². The first-order chi connectivity index (χ1) is 13.8. The lowest BCUT2D eigenvalue weighted by atomic mass is 10.1. The lowest BCUT2D eigenvalue weighted by molar-refractivity contribution is -0.114. The SMILES string of the molecule is CC(=O)Nc1cccc(C(=O)N2CCCN(C(=O)c3ccc(Cl)c(Cl)c3)CC2)c1. The molecule has 0 atom stereocenters. The molecular weight excluding hydrogens is 413 g/mol. The highest BCUT2D eigenvalue weighted by atomic mass is 35.5. The third-order valence-corrected chi connectivity index (χ3v) is 5.41. The van der Waals surface area contributed by atoms with Gasteiger partial charge in [-0.15, -0.1) is 0 Å². The van der Waals surface area contributed by atoms with Gasteiger partial charge >= 0.3 is 0 Å². The van der Waals surface area contributed by atoms with E-state index in [1.807, 2.05) is 0 Å². The van der Waals surface area contributed by atoms with Crippen LogP contribution in [0.3, 0.4) is 0 Å². The molecule has 3 amide bonds. The molecule has 0 bridgehead atoms. The van der Waals surface area contributed by atoms with Crippen molar-refractivity contribution in [3.05, 3.63) is 63.6 Å². The second kappa shape index (κ2) is 9.29. The van der Waals surface area contributed by atoms with E-state index in [2.05, 4.69) is 5.32 Å². The van der Waals surface area contributed by atoms with Crippen molar-refractivity contribution in [2.75, 3.05) is 31.5 Å². The Labute approximate surface area is 179 Å². The first kappa shape index (κ1) is 21.1. The monoisotopic (exact) mass is 433 g/mol. The molecule has 1 heterocycles. The van der Waals surface area contributed by atoms with Crippen LogP contribution in [0.25, 0.3) is 0 Å². The summed E-state index contributed by atoms with van der Waals surface area (Å²) in [6.07, 6.45) is 0.671. The minimum atomic E-state index is -0.194. The van der Waals surface area contributed by atoms with Crippen molar-refractivity contribution < 1.29 is 14.4 Å². The summed E-state index contributed by atoms with van der Waals surface area (Å²) in [4.78, 5) is 40.4. The molecule has 0 saturated carbocycles. The van der Waals surface area contributed by atoms with Crippen LogP contribution in [0.1, 0.15) is 34.1 Å². The molecule has 1 saturated heterocycles.